The summed E-state index contributed by atoms with van der Waals surface area (Å²) < 4.78 is 5.42. The average molecular weight is 210 g/mol. The van der Waals surface area contributed by atoms with Crippen molar-refractivity contribution < 1.29 is 4.74 Å². The summed E-state index contributed by atoms with van der Waals surface area (Å²) in [6.45, 7) is 1.75. The predicted octanol–water partition coefficient (Wildman–Crippen LogP) is 1.93. The van der Waals surface area contributed by atoms with Crippen molar-refractivity contribution in [1.82, 2.24) is 4.98 Å². The van der Waals surface area contributed by atoms with Crippen LogP contribution in [0.15, 0.2) is 23.4 Å². The van der Waals surface area contributed by atoms with E-state index in [1.807, 2.05) is 6.07 Å². The van der Waals surface area contributed by atoms with Crippen LogP contribution in [0.2, 0.25) is 0 Å². The Kier molecular flexibility index (Phi) is 3.26. The van der Waals surface area contributed by atoms with Crippen molar-refractivity contribution in [2.75, 3.05) is 18.9 Å². The molecule has 2 rings (SSSR count). The van der Waals surface area contributed by atoms with Crippen molar-refractivity contribution in [1.29, 1.82) is 0 Å². The maximum absolute atomic E-state index is 5.81. The summed E-state index contributed by atoms with van der Waals surface area (Å²) in [7, 11) is 0. The van der Waals surface area contributed by atoms with Gasteiger partial charge in [-0.3, -0.25) is 4.98 Å². The zero-order valence-electron chi connectivity index (χ0n) is 7.98. The molecule has 3 nitrogen and oxygen atoms in total. The summed E-state index contributed by atoms with van der Waals surface area (Å²) in [5.74, 6) is 0. The highest BCUT2D eigenvalue weighted by Gasteiger charge is 2.15. The van der Waals surface area contributed by atoms with Crippen molar-refractivity contribution in [2.24, 2.45) is 0 Å². The van der Waals surface area contributed by atoms with Gasteiger partial charge in [-0.15, -0.1) is 11.8 Å². The van der Waals surface area contributed by atoms with Gasteiger partial charge in [-0.1, -0.05) is 0 Å². The molecular weight excluding hydrogens is 196 g/mol. The molecule has 0 aromatic carbocycles. The highest BCUT2D eigenvalue weighted by Crippen LogP contribution is 2.31. The molecule has 0 bridgehead atoms. The molecule has 1 aliphatic rings. The van der Waals surface area contributed by atoms with Crippen LogP contribution < -0.4 is 5.73 Å². The first kappa shape index (κ1) is 9.80. The molecule has 1 aromatic heterocycles. The highest BCUT2D eigenvalue weighted by atomic mass is 32.2. The van der Waals surface area contributed by atoms with Crippen LogP contribution in [0, 0.1) is 0 Å². The number of nitrogens with zero attached hydrogens (tertiary/aromatic N) is 1. The molecule has 1 aromatic rings. The summed E-state index contributed by atoms with van der Waals surface area (Å²) >= 11 is 1.80. The molecule has 0 aliphatic carbocycles. The fourth-order valence-corrected chi connectivity index (χ4v) is 2.62. The zero-order chi connectivity index (χ0) is 9.80. The molecule has 4 heteroatoms. The SMILES string of the molecule is Nc1cnccc1SC1CCCOC1. The number of aromatic nitrogens is 1. The van der Waals surface area contributed by atoms with Crippen LogP contribution in [-0.2, 0) is 4.74 Å². The summed E-state index contributed by atoms with van der Waals surface area (Å²) in [6, 6.07) is 1.97. The van der Waals surface area contributed by atoms with Gasteiger partial charge >= 0.3 is 0 Å². The Labute approximate surface area is 88.0 Å². The molecule has 0 spiro atoms. The van der Waals surface area contributed by atoms with Crippen molar-refractivity contribution in [3.05, 3.63) is 18.5 Å². The van der Waals surface area contributed by atoms with Gasteiger partial charge in [0.15, 0.2) is 0 Å². The Morgan fingerprint density at radius 1 is 1.57 bits per heavy atom. The van der Waals surface area contributed by atoms with Crippen LogP contribution in [0.5, 0.6) is 0 Å². The number of hydrogen-bond acceptors (Lipinski definition) is 4. The molecule has 2 N–H and O–H groups in total. The molecule has 1 saturated heterocycles. The number of ether oxygens (including phenoxy) is 1. The standard InChI is InChI=1S/C10H14N2OS/c11-9-6-12-4-3-10(9)14-8-2-1-5-13-7-8/h3-4,6,8H,1-2,5,7,11H2. The van der Waals surface area contributed by atoms with Crippen molar-refractivity contribution in [3.8, 4) is 0 Å². The van der Waals surface area contributed by atoms with Gasteiger partial charge in [-0.05, 0) is 18.9 Å². The van der Waals surface area contributed by atoms with Gasteiger partial charge in [0.05, 0.1) is 18.5 Å². The van der Waals surface area contributed by atoms with Gasteiger partial charge in [0, 0.05) is 22.9 Å². The molecule has 1 atom stereocenters. The number of hydrogen-bond donors (Lipinski definition) is 1. The minimum atomic E-state index is 0.549. The van der Waals surface area contributed by atoms with Crippen molar-refractivity contribution >= 4 is 17.4 Å². The number of nitrogen functional groups attached to an aromatic ring is 1. The van der Waals surface area contributed by atoms with Crippen molar-refractivity contribution in [3.63, 3.8) is 0 Å². The van der Waals surface area contributed by atoms with Gasteiger partial charge in [-0.2, -0.15) is 0 Å². The molecule has 14 heavy (non-hydrogen) atoms. The number of thioether (sulfide) groups is 1. The number of pyridine rings is 1. The van der Waals surface area contributed by atoms with Gasteiger partial charge in [0.2, 0.25) is 0 Å². The number of rotatable bonds is 2. The molecule has 0 saturated carbocycles. The first-order chi connectivity index (χ1) is 6.86. The van der Waals surface area contributed by atoms with Crippen LogP contribution in [0.3, 0.4) is 0 Å². The summed E-state index contributed by atoms with van der Waals surface area (Å²) in [4.78, 5) is 5.09. The van der Waals surface area contributed by atoms with E-state index < -0.39 is 0 Å². The lowest BCUT2D eigenvalue weighted by Gasteiger charge is -2.21. The molecule has 0 amide bonds. The topological polar surface area (TPSA) is 48.1 Å². The molecule has 1 unspecified atom stereocenters. The first-order valence-corrected chi connectivity index (χ1v) is 5.68. The van der Waals surface area contributed by atoms with Crippen LogP contribution in [0.4, 0.5) is 5.69 Å². The highest BCUT2D eigenvalue weighted by molar-refractivity contribution is 8.00. The average Bonchev–Trinajstić information content (AvgIpc) is 2.23. The van der Waals surface area contributed by atoms with E-state index in [0.717, 1.165) is 30.2 Å². The lowest BCUT2D eigenvalue weighted by Crippen LogP contribution is -2.19. The fourth-order valence-electron chi connectivity index (χ4n) is 1.48. The second-order valence-corrected chi connectivity index (χ2v) is 4.71. The van der Waals surface area contributed by atoms with Crippen molar-refractivity contribution in [2.45, 2.75) is 23.0 Å². The Hall–Kier alpha value is -0.740. The lowest BCUT2D eigenvalue weighted by molar-refractivity contribution is 0.101. The van der Waals surface area contributed by atoms with E-state index in [1.54, 1.807) is 24.2 Å². The van der Waals surface area contributed by atoms with E-state index in [9.17, 15) is 0 Å². The third-order valence-electron chi connectivity index (χ3n) is 2.22. The fraction of sp³-hybridized carbons (Fsp3) is 0.500. The summed E-state index contributed by atoms with van der Waals surface area (Å²) in [5, 5.41) is 0.549. The molecular formula is C10H14N2OS. The minimum absolute atomic E-state index is 0.549. The molecule has 1 aliphatic heterocycles. The second-order valence-electron chi connectivity index (χ2n) is 3.37. The largest absolute Gasteiger partial charge is 0.397 e. The lowest BCUT2D eigenvalue weighted by atomic mass is 10.2. The first-order valence-electron chi connectivity index (χ1n) is 4.80. The normalized spacial score (nSPS) is 22.1. The van der Waals surface area contributed by atoms with Gasteiger partial charge in [0.1, 0.15) is 0 Å². The summed E-state index contributed by atoms with van der Waals surface area (Å²) in [5.41, 5.74) is 6.58. The molecule has 2 heterocycles. The van der Waals surface area contributed by atoms with Crippen LogP contribution in [0.1, 0.15) is 12.8 Å². The van der Waals surface area contributed by atoms with Crippen LogP contribution >= 0.6 is 11.8 Å². The summed E-state index contributed by atoms with van der Waals surface area (Å²) in [6.07, 6.45) is 5.85. The minimum Gasteiger partial charge on any atom is -0.397 e. The quantitative estimate of drug-likeness (QED) is 0.810. The second kappa shape index (κ2) is 4.66. The van der Waals surface area contributed by atoms with E-state index in [-0.39, 0.29) is 0 Å². The third-order valence-corrected chi connectivity index (χ3v) is 3.55. The Bertz CT molecular complexity index is 300. The predicted molar refractivity (Wildman–Crippen MR) is 58.3 cm³/mol. The van der Waals surface area contributed by atoms with Gasteiger partial charge in [0.25, 0.3) is 0 Å². The maximum Gasteiger partial charge on any atom is 0.0638 e. The molecule has 1 fully saturated rings. The van der Waals surface area contributed by atoms with Crippen LogP contribution in [-0.4, -0.2) is 23.4 Å². The third kappa shape index (κ3) is 2.39. The Balaban J connectivity index is 1.99. The van der Waals surface area contributed by atoms with E-state index in [1.165, 1.54) is 6.42 Å². The smallest absolute Gasteiger partial charge is 0.0638 e. The van der Waals surface area contributed by atoms with Gasteiger partial charge < -0.3 is 10.5 Å². The number of nitrogens with two attached hydrogens (primary N) is 1. The zero-order valence-corrected chi connectivity index (χ0v) is 8.80. The van der Waals surface area contributed by atoms with E-state index in [0.29, 0.717) is 5.25 Å². The number of anilines is 1. The van der Waals surface area contributed by atoms with E-state index >= 15 is 0 Å². The molecule has 76 valence electrons. The van der Waals surface area contributed by atoms with Crippen LogP contribution in [0.25, 0.3) is 0 Å². The monoisotopic (exact) mass is 210 g/mol. The maximum atomic E-state index is 5.81. The Morgan fingerprint density at radius 2 is 2.50 bits per heavy atom. The van der Waals surface area contributed by atoms with E-state index in [2.05, 4.69) is 4.98 Å². The molecule has 0 radical (unpaired) electrons. The van der Waals surface area contributed by atoms with E-state index in [4.69, 9.17) is 10.5 Å². The van der Waals surface area contributed by atoms with Gasteiger partial charge in [-0.25, -0.2) is 0 Å². The Morgan fingerprint density at radius 3 is 3.21 bits per heavy atom.